The molecule has 0 aromatic heterocycles. The lowest BCUT2D eigenvalue weighted by Crippen LogP contribution is -2.07. The molecule has 6 heteroatoms. The molecule has 1 nitrogen and oxygen atoms in total. The van der Waals surface area contributed by atoms with Crippen LogP contribution in [0.1, 0.15) is 16.7 Å². The Balaban J connectivity index is 1.95. The fraction of sp³-hybridized carbons (Fsp3) is 0.143. The molecular formula is C21H16F4IN. The van der Waals surface area contributed by atoms with E-state index >= 15 is 0 Å². The van der Waals surface area contributed by atoms with E-state index in [1.807, 2.05) is 26.0 Å². The van der Waals surface area contributed by atoms with Gasteiger partial charge in [-0.05, 0) is 94.6 Å². The predicted octanol–water partition coefficient (Wildman–Crippen LogP) is 6.74. The molecule has 27 heavy (non-hydrogen) atoms. The van der Waals surface area contributed by atoms with Crippen molar-refractivity contribution in [2.24, 2.45) is 0 Å². The second-order valence-corrected chi connectivity index (χ2v) is 7.44. The van der Waals surface area contributed by atoms with Crippen molar-refractivity contribution in [1.82, 2.24) is 0 Å². The Bertz CT molecular complexity index is 1020. The van der Waals surface area contributed by atoms with Gasteiger partial charge in [0.05, 0.1) is 3.57 Å². The Morgan fingerprint density at radius 3 is 2.22 bits per heavy atom. The minimum atomic E-state index is -0.923. The van der Waals surface area contributed by atoms with Crippen LogP contribution in [-0.4, -0.2) is 0 Å². The number of nitrogens with one attached hydrogen (secondary N) is 1. The molecule has 0 heterocycles. The number of aryl methyl sites for hydroxylation is 1. The lowest BCUT2D eigenvalue weighted by atomic mass is 9.95. The van der Waals surface area contributed by atoms with E-state index in [1.54, 1.807) is 22.6 Å². The third-order valence-corrected chi connectivity index (χ3v) is 5.36. The van der Waals surface area contributed by atoms with E-state index in [4.69, 9.17) is 0 Å². The van der Waals surface area contributed by atoms with Crippen LogP contribution in [0.2, 0.25) is 0 Å². The molecule has 3 rings (SSSR count). The topological polar surface area (TPSA) is 12.0 Å². The zero-order chi connectivity index (χ0) is 19.7. The molecule has 140 valence electrons. The van der Waals surface area contributed by atoms with Gasteiger partial charge in [0.2, 0.25) is 0 Å². The van der Waals surface area contributed by atoms with Crippen LogP contribution in [0.25, 0.3) is 11.1 Å². The largest absolute Gasteiger partial charge is 0.376 e. The number of halogens is 5. The van der Waals surface area contributed by atoms with E-state index in [9.17, 15) is 17.6 Å². The van der Waals surface area contributed by atoms with Gasteiger partial charge in [-0.15, -0.1) is 0 Å². The van der Waals surface area contributed by atoms with Crippen LogP contribution in [0.3, 0.4) is 0 Å². The first-order chi connectivity index (χ1) is 12.8. The highest BCUT2D eigenvalue weighted by Gasteiger charge is 2.14. The molecule has 0 fully saturated rings. The highest BCUT2D eigenvalue weighted by Crippen LogP contribution is 2.28. The molecule has 0 saturated heterocycles. The fourth-order valence-electron chi connectivity index (χ4n) is 2.83. The van der Waals surface area contributed by atoms with Crippen LogP contribution in [0.4, 0.5) is 23.2 Å². The summed E-state index contributed by atoms with van der Waals surface area (Å²) < 4.78 is 55.2. The summed E-state index contributed by atoms with van der Waals surface area (Å²) in [6.45, 7) is 4.00. The standard InChI is InChI=1S/C21H16F4IN/c1-11-7-14(13-3-4-16(22)18(24)9-13)8-15(12(11)2)10-27-21-17(23)5-6-19(26)20(21)25/h3-9,27H,10H2,1-2H3. The summed E-state index contributed by atoms with van der Waals surface area (Å²) in [6.07, 6.45) is 0. The molecule has 0 aliphatic heterocycles. The minimum absolute atomic E-state index is 0.183. The van der Waals surface area contributed by atoms with Crippen molar-refractivity contribution >= 4 is 28.3 Å². The summed E-state index contributed by atoms with van der Waals surface area (Å²) in [5.41, 5.74) is 3.77. The first-order valence-corrected chi connectivity index (χ1v) is 9.28. The van der Waals surface area contributed by atoms with E-state index in [-0.39, 0.29) is 12.2 Å². The van der Waals surface area contributed by atoms with Crippen molar-refractivity contribution < 1.29 is 17.6 Å². The SMILES string of the molecule is Cc1cc(-c2ccc(F)c(F)c2)cc(CNc2c(F)ccc(I)c2F)c1C. The van der Waals surface area contributed by atoms with Crippen LogP contribution in [0.15, 0.2) is 42.5 Å². The molecule has 0 aliphatic rings. The van der Waals surface area contributed by atoms with Crippen molar-refractivity contribution in [2.75, 3.05) is 5.32 Å². The number of rotatable bonds is 4. The second-order valence-electron chi connectivity index (χ2n) is 6.28. The van der Waals surface area contributed by atoms with Gasteiger partial charge in [0, 0.05) is 6.54 Å². The Morgan fingerprint density at radius 2 is 1.52 bits per heavy atom. The molecule has 3 aromatic rings. The number of hydrogen-bond donors (Lipinski definition) is 1. The molecule has 0 unspecified atom stereocenters. The summed E-state index contributed by atoms with van der Waals surface area (Å²) in [6, 6.07) is 9.98. The molecule has 0 atom stereocenters. The van der Waals surface area contributed by atoms with E-state index in [0.717, 1.165) is 28.8 Å². The maximum atomic E-state index is 14.2. The van der Waals surface area contributed by atoms with Crippen molar-refractivity contribution in [3.63, 3.8) is 0 Å². The van der Waals surface area contributed by atoms with Gasteiger partial charge >= 0.3 is 0 Å². The first-order valence-electron chi connectivity index (χ1n) is 8.21. The van der Waals surface area contributed by atoms with Crippen LogP contribution >= 0.6 is 22.6 Å². The molecule has 0 radical (unpaired) electrons. The normalized spacial score (nSPS) is 10.9. The average molecular weight is 485 g/mol. The Hall–Kier alpha value is -2.09. The molecule has 0 saturated carbocycles. The summed E-state index contributed by atoms with van der Waals surface area (Å²) >= 11 is 1.80. The zero-order valence-electron chi connectivity index (χ0n) is 14.6. The molecular weight excluding hydrogens is 469 g/mol. The number of benzene rings is 3. The highest BCUT2D eigenvalue weighted by atomic mass is 127. The third-order valence-electron chi connectivity index (χ3n) is 4.53. The van der Waals surface area contributed by atoms with E-state index in [2.05, 4.69) is 5.32 Å². The monoisotopic (exact) mass is 485 g/mol. The van der Waals surface area contributed by atoms with Gasteiger partial charge in [-0.1, -0.05) is 12.1 Å². The third kappa shape index (κ3) is 4.10. The lowest BCUT2D eigenvalue weighted by molar-refractivity contribution is 0.509. The van der Waals surface area contributed by atoms with Crippen LogP contribution in [0, 0.1) is 40.7 Å². The van der Waals surface area contributed by atoms with Gasteiger partial charge in [0.1, 0.15) is 11.5 Å². The van der Waals surface area contributed by atoms with Crippen LogP contribution in [-0.2, 0) is 6.54 Å². The maximum absolute atomic E-state index is 14.2. The van der Waals surface area contributed by atoms with Crippen molar-refractivity contribution in [2.45, 2.75) is 20.4 Å². The molecule has 3 aromatic carbocycles. The van der Waals surface area contributed by atoms with Crippen molar-refractivity contribution in [3.05, 3.63) is 86.0 Å². The summed E-state index contributed by atoms with van der Waals surface area (Å²) in [4.78, 5) is 0. The fourth-order valence-corrected chi connectivity index (χ4v) is 3.28. The Morgan fingerprint density at radius 1 is 0.815 bits per heavy atom. The quantitative estimate of drug-likeness (QED) is 0.245. The smallest absolute Gasteiger partial charge is 0.162 e. The number of hydrogen-bond acceptors (Lipinski definition) is 1. The van der Waals surface area contributed by atoms with Gasteiger partial charge in [0.25, 0.3) is 0 Å². The molecule has 0 amide bonds. The Labute approximate surface area is 168 Å². The second kappa shape index (κ2) is 7.88. The molecule has 1 N–H and O–H groups in total. The van der Waals surface area contributed by atoms with Gasteiger partial charge in [-0.3, -0.25) is 0 Å². The minimum Gasteiger partial charge on any atom is -0.376 e. The molecule has 0 bridgehead atoms. The Kier molecular flexibility index (Phi) is 5.74. The van der Waals surface area contributed by atoms with Gasteiger partial charge in [0.15, 0.2) is 17.5 Å². The van der Waals surface area contributed by atoms with E-state index in [1.165, 1.54) is 18.2 Å². The highest BCUT2D eigenvalue weighted by molar-refractivity contribution is 14.1. The summed E-state index contributed by atoms with van der Waals surface area (Å²) in [5, 5.41) is 2.82. The van der Waals surface area contributed by atoms with Crippen LogP contribution in [0.5, 0.6) is 0 Å². The van der Waals surface area contributed by atoms with Crippen molar-refractivity contribution in [3.8, 4) is 11.1 Å². The zero-order valence-corrected chi connectivity index (χ0v) is 16.8. The van der Waals surface area contributed by atoms with E-state index < -0.39 is 23.3 Å². The van der Waals surface area contributed by atoms with Gasteiger partial charge < -0.3 is 5.32 Å². The molecule has 0 spiro atoms. The predicted molar refractivity (Wildman–Crippen MR) is 108 cm³/mol. The van der Waals surface area contributed by atoms with Crippen LogP contribution < -0.4 is 5.32 Å². The average Bonchev–Trinajstić information content (AvgIpc) is 2.63. The van der Waals surface area contributed by atoms with Gasteiger partial charge in [-0.2, -0.15) is 0 Å². The summed E-state index contributed by atoms with van der Waals surface area (Å²) in [5.74, 6) is -3.14. The molecule has 0 aliphatic carbocycles. The first kappa shape index (κ1) is 19.7. The number of anilines is 1. The van der Waals surface area contributed by atoms with Gasteiger partial charge in [-0.25, -0.2) is 17.6 Å². The summed E-state index contributed by atoms with van der Waals surface area (Å²) in [7, 11) is 0. The maximum Gasteiger partial charge on any atom is 0.162 e. The van der Waals surface area contributed by atoms with E-state index in [0.29, 0.717) is 14.7 Å². The lowest BCUT2D eigenvalue weighted by Gasteiger charge is -2.15. The van der Waals surface area contributed by atoms with Crippen molar-refractivity contribution in [1.29, 1.82) is 0 Å².